The minimum absolute atomic E-state index is 0.134. The summed E-state index contributed by atoms with van der Waals surface area (Å²) in [7, 11) is -0.257. The van der Waals surface area contributed by atoms with E-state index >= 15 is 0 Å². The van der Waals surface area contributed by atoms with Crippen molar-refractivity contribution in [2.75, 3.05) is 19.8 Å². The van der Waals surface area contributed by atoms with Crippen molar-refractivity contribution in [3.8, 4) is 0 Å². The Kier molecular flexibility index (Phi) is 3.32. The molecule has 0 saturated heterocycles. The molecule has 0 amide bonds. The van der Waals surface area contributed by atoms with Gasteiger partial charge in [-0.15, -0.1) is 0 Å². The first-order valence-corrected chi connectivity index (χ1v) is 6.12. The van der Waals surface area contributed by atoms with Gasteiger partial charge in [-0.05, 0) is 18.8 Å². The lowest BCUT2D eigenvalue weighted by Crippen LogP contribution is -2.37. The highest BCUT2D eigenvalue weighted by molar-refractivity contribution is 7.89. The molecule has 1 N–H and O–H groups in total. The van der Waals surface area contributed by atoms with Gasteiger partial charge < -0.3 is 5.11 Å². The summed E-state index contributed by atoms with van der Waals surface area (Å²) in [5.41, 5.74) is 0. The van der Waals surface area contributed by atoms with Crippen LogP contribution in [0.15, 0.2) is 0 Å². The van der Waals surface area contributed by atoms with E-state index in [9.17, 15) is 13.5 Å². The van der Waals surface area contributed by atoms with Gasteiger partial charge in [-0.2, -0.15) is 0 Å². The fourth-order valence-corrected chi connectivity index (χ4v) is 2.33. The number of rotatable bonds is 4. The third-order valence-electron chi connectivity index (χ3n) is 2.63. The van der Waals surface area contributed by atoms with E-state index in [0.717, 1.165) is 23.6 Å². The summed E-state index contributed by atoms with van der Waals surface area (Å²) in [6.07, 6.45) is 2.36. The third kappa shape index (κ3) is 2.65. The highest BCUT2D eigenvalue weighted by atomic mass is 32.2. The molecule has 13 heavy (non-hydrogen) atoms. The van der Waals surface area contributed by atoms with Crippen molar-refractivity contribution in [1.29, 1.82) is 0 Å². The van der Waals surface area contributed by atoms with Gasteiger partial charge in [-0.25, -0.2) is 12.7 Å². The molecule has 1 aliphatic rings. The summed E-state index contributed by atoms with van der Waals surface area (Å²) < 4.78 is 23.9. The number of hydrogen-bond donors (Lipinski definition) is 1. The lowest BCUT2D eigenvalue weighted by atomic mass is 9.82. The summed E-state index contributed by atoms with van der Waals surface area (Å²) in [5.74, 6) is 0.0692. The van der Waals surface area contributed by atoms with Crippen LogP contribution in [0, 0.1) is 5.92 Å². The predicted molar refractivity (Wildman–Crippen MR) is 50.8 cm³/mol. The van der Waals surface area contributed by atoms with E-state index in [4.69, 9.17) is 0 Å². The van der Waals surface area contributed by atoms with Crippen LogP contribution >= 0.6 is 0 Å². The van der Waals surface area contributed by atoms with Crippen molar-refractivity contribution >= 4 is 10.0 Å². The Labute approximate surface area is 79.6 Å². The molecule has 1 rings (SSSR count). The first-order valence-electron chi connectivity index (χ1n) is 4.52. The molecule has 5 heteroatoms. The van der Waals surface area contributed by atoms with Gasteiger partial charge in [-0.3, -0.25) is 0 Å². The number of sulfonamides is 1. The normalized spacial score (nSPS) is 21.5. The number of aliphatic hydroxyl groups is 1. The second-order valence-corrected chi connectivity index (χ2v) is 6.05. The molecule has 1 aliphatic carbocycles. The first kappa shape index (κ1) is 10.9. The lowest BCUT2D eigenvalue weighted by Gasteiger charge is -2.30. The Morgan fingerprint density at radius 2 is 2.00 bits per heavy atom. The van der Waals surface area contributed by atoms with Gasteiger partial charge in [0.05, 0.1) is 11.9 Å². The SMILES string of the molecule is CN(C)S(=O)(=O)CC(O)C1CCC1. The van der Waals surface area contributed by atoms with Crippen molar-refractivity contribution in [2.24, 2.45) is 5.92 Å². The Bertz CT molecular complexity index is 257. The van der Waals surface area contributed by atoms with E-state index in [1.165, 1.54) is 14.1 Å². The quantitative estimate of drug-likeness (QED) is 0.708. The number of aliphatic hydroxyl groups excluding tert-OH is 1. The maximum absolute atomic E-state index is 11.4. The first-order chi connectivity index (χ1) is 5.93. The maximum Gasteiger partial charge on any atom is 0.216 e. The zero-order valence-corrected chi connectivity index (χ0v) is 8.92. The molecule has 0 bridgehead atoms. The molecule has 1 unspecified atom stereocenters. The second kappa shape index (κ2) is 3.94. The molecule has 0 aromatic heterocycles. The molecule has 0 radical (unpaired) electrons. The molecule has 0 aliphatic heterocycles. The Balaban J connectivity index is 2.47. The van der Waals surface area contributed by atoms with Crippen LogP contribution in [0.5, 0.6) is 0 Å². The van der Waals surface area contributed by atoms with Gasteiger partial charge in [-0.1, -0.05) is 6.42 Å². The highest BCUT2D eigenvalue weighted by Crippen LogP contribution is 2.30. The molecule has 0 aromatic rings. The van der Waals surface area contributed by atoms with Crippen LogP contribution in [0.3, 0.4) is 0 Å². The van der Waals surface area contributed by atoms with E-state index in [-0.39, 0.29) is 11.7 Å². The van der Waals surface area contributed by atoms with Crippen molar-refractivity contribution in [2.45, 2.75) is 25.4 Å². The maximum atomic E-state index is 11.4. The van der Waals surface area contributed by atoms with Crippen molar-refractivity contribution in [3.05, 3.63) is 0 Å². The van der Waals surface area contributed by atoms with Crippen LogP contribution in [-0.2, 0) is 10.0 Å². The van der Waals surface area contributed by atoms with Crippen LogP contribution in [0.1, 0.15) is 19.3 Å². The largest absolute Gasteiger partial charge is 0.392 e. The molecule has 1 atom stereocenters. The molecular formula is C8H17NO3S. The molecule has 78 valence electrons. The smallest absolute Gasteiger partial charge is 0.216 e. The van der Waals surface area contributed by atoms with Crippen molar-refractivity contribution in [3.63, 3.8) is 0 Å². The summed E-state index contributed by atoms with van der Waals surface area (Å²) in [4.78, 5) is 0. The molecule has 1 saturated carbocycles. The topological polar surface area (TPSA) is 57.6 Å². The van der Waals surface area contributed by atoms with Crippen LogP contribution in [0.25, 0.3) is 0 Å². The third-order valence-corrected chi connectivity index (χ3v) is 4.51. The minimum Gasteiger partial charge on any atom is -0.392 e. The van der Waals surface area contributed by atoms with E-state index in [1.54, 1.807) is 0 Å². The monoisotopic (exact) mass is 207 g/mol. The molecule has 1 fully saturated rings. The fourth-order valence-electron chi connectivity index (χ4n) is 1.33. The van der Waals surface area contributed by atoms with Crippen LogP contribution < -0.4 is 0 Å². The minimum atomic E-state index is -3.24. The van der Waals surface area contributed by atoms with Crippen molar-refractivity contribution in [1.82, 2.24) is 4.31 Å². The van der Waals surface area contributed by atoms with E-state index < -0.39 is 16.1 Å². The van der Waals surface area contributed by atoms with Crippen LogP contribution in [0.4, 0.5) is 0 Å². The average molecular weight is 207 g/mol. The van der Waals surface area contributed by atoms with Gasteiger partial charge in [0.2, 0.25) is 10.0 Å². The van der Waals surface area contributed by atoms with Crippen molar-refractivity contribution < 1.29 is 13.5 Å². The number of nitrogens with zero attached hydrogens (tertiary/aromatic N) is 1. The molecule has 4 nitrogen and oxygen atoms in total. The second-order valence-electron chi connectivity index (χ2n) is 3.82. The van der Waals surface area contributed by atoms with E-state index in [2.05, 4.69) is 0 Å². The molecule has 0 aromatic carbocycles. The Morgan fingerprint density at radius 1 is 1.46 bits per heavy atom. The average Bonchev–Trinajstić information content (AvgIpc) is 1.80. The van der Waals surface area contributed by atoms with Gasteiger partial charge in [0.15, 0.2) is 0 Å². The van der Waals surface area contributed by atoms with E-state index in [1.807, 2.05) is 0 Å². The predicted octanol–water partition coefficient (Wildman–Crippen LogP) is 0.0388. The van der Waals surface area contributed by atoms with Crippen LogP contribution in [-0.4, -0.2) is 43.8 Å². The summed E-state index contributed by atoms with van der Waals surface area (Å²) in [6.45, 7) is 0. The van der Waals surface area contributed by atoms with Gasteiger partial charge in [0.25, 0.3) is 0 Å². The Hall–Kier alpha value is -0.130. The molecule has 0 spiro atoms. The van der Waals surface area contributed by atoms with Gasteiger partial charge >= 0.3 is 0 Å². The molecular weight excluding hydrogens is 190 g/mol. The fraction of sp³-hybridized carbons (Fsp3) is 1.00. The summed E-state index contributed by atoms with van der Waals surface area (Å²) in [5, 5.41) is 9.55. The van der Waals surface area contributed by atoms with Gasteiger partial charge in [0, 0.05) is 14.1 Å². The number of hydrogen-bond acceptors (Lipinski definition) is 3. The highest BCUT2D eigenvalue weighted by Gasteiger charge is 2.30. The Morgan fingerprint density at radius 3 is 2.31 bits per heavy atom. The summed E-state index contributed by atoms with van der Waals surface area (Å²) in [6, 6.07) is 0. The lowest BCUT2D eigenvalue weighted by molar-refractivity contribution is 0.0796. The summed E-state index contributed by atoms with van der Waals surface area (Å²) >= 11 is 0. The molecule has 0 heterocycles. The van der Waals surface area contributed by atoms with E-state index in [0.29, 0.717) is 0 Å². The van der Waals surface area contributed by atoms with Gasteiger partial charge in [0.1, 0.15) is 0 Å². The zero-order chi connectivity index (χ0) is 10.1. The standard InChI is InChI=1S/C8H17NO3S/c1-9(2)13(11,12)6-8(10)7-4-3-5-7/h7-8,10H,3-6H2,1-2H3. The van der Waals surface area contributed by atoms with Crippen LogP contribution in [0.2, 0.25) is 0 Å². The zero-order valence-electron chi connectivity index (χ0n) is 8.10.